The third kappa shape index (κ3) is 5.92. The van der Waals surface area contributed by atoms with Crippen LogP contribution in [0.2, 0.25) is 0 Å². The van der Waals surface area contributed by atoms with Gasteiger partial charge < -0.3 is 19.7 Å². The highest BCUT2D eigenvalue weighted by Crippen LogP contribution is 2.35. The zero-order chi connectivity index (χ0) is 19.9. The predicted molar refractivity (Wildman–Crippen MR) is 110 cm³/mol. The van der Waals surface area contributed by atoms with Gasteiger partial charge in [0.05, 0.1) is 19.3 Å². The number of aromatic nitrogens is 1. The van der Waals surface area contributed by atoms with E-state index in [1.165, 1.54) is 12.8 Å². The van der Waals surface area contributed by atoms with Crippen LogP contribution in [0.3, 0.4) is 0 Å². The summed E-state index contributed by atoms with van der Waals surface area (Å²) in [6, 6.07) is 4.04. The SMILES string of the molecule is CC(C)[C@@H]1CC[C@@H](C)C[C@H]1OCC(=O)NCc1ccc(N2CCOCC2)nc1. The Kier molecular flexibility index (Phi) is 7.68. The van der Waals surface area contributed by atoms with Crippen molar-refractivity contribution in [2.75, 3.05) is 37.8 Å². The van der Waals surface area contributed by atoms with Crippen LogP contribution in [0, 0.1) is 17.8 Å². The zero-order valence-corrected chi connectivity index (χ0v) is 17.5. The van der Waals surface area contributed by atoms with Gasteiger partial charge in [0.15, 0.2) is 0 Å². The van der Waals surface area contributed by atoms with E-state index in [2.05, 4.69) is 36.0 Å². The van der Waals surface area contributed by atoms with E-state index in [9.17, 15) is 4.79 Å². The van der Waals surface area contributed by atoms with E-state index in [0.29, 0.717) is 24.3 Å². The first-order valence-corrected chi connectivity index (χ1v) is 10.7. The molecule has 2 aliphatic rings. The molecule has 28 heavy (non-hydrogen) atoms. The fourth-order valence-electron chi connectivity index (χ4n) is 4.24. The molecular weight excluding hydrogens is 354 g/mol. The Morgan fingerprint density at radius 3 is 2.79 bits per heavy atom. The maximum Gasteiger partial charge on any atom is 0.246 e. The molecule has 0 radical (unpaired) electrons. The number of anilines is 1. The van der Waals surface area contributed by atoms with Crippen LogP contribution in [0.5, 0.6) is 0 Å². The van der Waals surface area contributed by atoms with Gasteiger partial charge in [-0.05, 0) is 42.2 Å². The number of rotatable bonds is 7. The predicted octanol–water partition coefficient (Wildman–Crippen LogP) is 3.01. The minimum Gasteiger partial charge on any atom is -0.378 e. The molecule has 2 fully saturated rings. The Morgan fingerprint density at radius 2 is 2.11 bits per heavy atom. The normalized spacial score (nSPS) is 25.7. The van der Waals surface area contributed by atoms with Crippen molar-refractivity contribution in [2.24, 2.45) is 17.8 Å². The first kappa shape index (κ1) is 21.1. The molecule has 1 aromatic heterocycles. The van der Waals surface area contributed by atoms with Crippen molar-refractivity contribution < 1.29 is 14.3 Å². The van der Waals surface area contributed by atoms with E-state index in [0.717, 1.165) is 44.1 Å². The number of pyridine rings is 1. The molecule has 1 aliphatic heterocycles. The maximum atomic E-state index is 12.3. The summed E-state index contributed by atoms with van der Waals surface area (Å²) in [5, 5.41) is 2.96. The summed E-state index contributed by atoms with van der Waals surface area (Å²) < 4.78 is 11.4. The molecule has 2 heterocycles. The van der Waals surface area contributed by atoms with Gasteiger partial charge in [0.25, 0.3) is 0 Å². The number of carbonyl (C=O) groups excluding carboxylic acids is 1. The van der Waals surface area contributed by atoms with E-state index >= 15 is 0 Å². The first-order valence-electron chi connectivity index (χ1n) is 10.7. The smallest absolute Gasteiger partial charge is 0.246 e. The van der Waals surface area contributed by atoms with Crippen LogP contribution in [0.15, 0.2) is 18.3 Å². The molecule has 1 saturated heterocycles. The van der Waals surface area contributed by atoms with Crippen LogP contribution < -0.4 is 10.2 Å². The molecule has 1 amide bonds. The number of hydrogen-bond acceptors (Lipinski definition) is 5. The second-order valence-corrected chi connectivity index (χ2v) is 8.58. The van der Waals surface area contributed by atoms with Gasteiger partial charge in [-0.1, -0.05) is 33.3 Å². The van der Waals surface area contributed by atoms with Crippen molar-refractivity contribution >= 4 is 11.7 Å². The van der Waals surface area contributed by atoms with Gasteiger partial charge in [-0.25, -0.2) is 4.98 Å². The number of amides is 1. The van der Waals surface area contributed by atoms with Crippen molar-refractivity contribution in [1.82, 2.24) is 10.3 Å². The minimum absolute atomic E-state index is 0.0574. The lowest BCUT2D eigenvalue weighted by Gasteiger charge is -2.37. The second kappa shape index (κ2) is 10.2. The Balaban J connectivity index is 1.42. The van der Waals surface area contributed by atoms with Gasteiger partial charge in [-0.15, -0.1) is 0 Å². The molecule has 1 N–H and O–H groups in total. The van der Waals surface area contributed by atoms with Crippen molar-refractivity contribution in [3.63, 3.8) is 0 Å². The second-order valence-electron chi connectivity index (χ2n) is 8.58. The number of nitrogens with zero attached hydrogens (tertiary/aromatic N) is 2. The summed E-state index contributed by atoms with van der Waals surface area (Å²) in [5.74, 6) is 2.74. The number of hydrogen-bond donors (Lipinski definition) is 1. The average Bonchev–Trinajstić information content (AvgIpc) is 2.71. The number of morpholine rings is 1. The van der Waals surface area contributed by atoms with Gasteiger partial charge in [0.2, 0.25) is 5.91 Å². The van der Waals surface area contributed by atoms with Gasteiger partial charge in [-0.2, -0.15) is 0 Å². The molecule has 3 rings (SSSR count). The van der Waals surface area contributed by atoms with E-state index in [1.54, 1.807) is 0 Å². The van der Waals surface area contributed by atoms with Gasteiger partial charge >= 0.3 is 0 Å². The fourth-order valence-corrected chi connectivity index (χ4v) is 4.24. The van der Waals surface area contributed by atoms with Crippen LogP contribution in [-0.2, 0) is 20.8 Å². The molecule has 0 spiro atoms. The van der Waals surface area contributed by atoms with Crippen LogP contribution >= 0.6 is 0 Å². The first-order chi connectivity index (χ1) is 13.5. The lowest BCUT2D eigenvalue weighted by atomic mass is 9.75. The quantitative estimate of drug-likeness (QED) is 0.777. The Labute approximate surface area is 169 Å². The van der Waals surface area contributed by atoms with Gasteiger partial charge in [0.1, 0.15) is 12.4 Å². The summed E-state index contributed by atoms with van der Waals surface area (Å²) in [6.07, 6.45) is 5.56. The summed E-state index contributed by atoms with van der Waals surface area (Å²) >= 11 is 0. The maximum absolute atomic E-state index is 12.3. The minimum atomic E-state index is -0.0574. The third-order valence-corrected chi connectivity index (χ3v) is 6.02. The zero-order valence-electron chi connectivity index (χ0n) is 17.5. The highest BCUT2D eigenvalue weighted by Gasteiger charge is 2.31. The van der Waals surface area contributed by atoms with Gasteiger partial charge in [-0.3, -0.25) is 4.79 Å². The van der Waals surface area contributed by atoms with E-state index in [-0.39, 0.29) is 18.6 Å². The van der Waals surface area contributed by atoms with E-state index in [1.807, 2.05) is 18.3 Å². The van der Waals surface area contributed by atoms with Crippen molar-refractivity contribution in [3.8, 4) is 0 Å². The summed E-state index contributed by atoms with van der Waals surface area (Å²) in [5.41, 5.74) is 0.997. The molecular formula is C22H35N3O3. The summed E-state index contributed by atoms with van der Waals surface area (Å²) in [6.45, 7) is 10.6. The molecule has 6 heteroatoms. The Bertz CT molecular complexity index is 614. The van der Waals surface area contributed by atoms with Crippen molar-refractivity contribution in [3.05, 3.63) is 23.9 Å². The Hall–Kier alpha value is -1.66. The molecule has 1 aliphatic carbocycles. The molecule has 6 nitrogen and oxygen atoms in total. The summed E-state index contributed by atoms with van der Waals surface area (Å²) in [7, 11) is 0. The average molecular weight is 390 g/mol. The van der Waals surface area contributed by atoms with Crippen LogP contribution in [0.1, 0.15) is 45.6 Å². The number of ether oxygens (including phenoxy) is 2. The molecule has 0 unspecified atom stereocenters. The molecule has 3 atom stereocenters. The Morgan fingerprint density at radius 1 is 1.32 bits per heavy atom. The highest BCUT2D eigenvalue weighted by atomic mass is 16.5. The topological polar surface area (TPSA) is 63.7 Å². The largest absolute Gasteiger partial charge is 0.378 e. The lowest BCUT2D eigenvalue weighted by Crippen LogP contribution is -2.37. The van der Waals surface area contributed by atoms with Crippen molar-refractivity contribution in [2.45, 2.75) is 52.7 Å². The molecule has 0 bridgehead atoms. The van der Waals surface area contributed by atoms with Crippen molar-refractivity contribution in [1.29, 1.82) is 0 Å². The lowest BCUT2D eigenvalue weighted by molar-refractivity contribution is -0.131. The fraction of sp³-hybridized carbons (Fsp3) is 0.727. The molecule has 1 saturated carbocycles. The molecule has 156 valence electrons. The number of nitrogens with one attached hydrogen (secondary N) is 1. The van der Waals surface area contributed by atoms with Gasteiger partial charge in [0, 0.05) is 25.8 Å². The molecule has 0 aromatic carbocycles. The number of carbonyl (C=O) groups is 1. The van der Waals surface area contributed by atoms with Crippen LogP contribution in [0.4, 0.5) is 5.82 Å². The summed E-state index contributed by atoms with van der Waals surface area (Å²) in [4.78, 5) is 19.0. The highest BCUT2D eigenvalue weighted by molar-refractivity contribution is 5.77. The van der Waals surface area contributed by atoms with Crippen LogP contribution in [-0.4, -0.2) is 49.9 Å². The third-order valence-electron chi connectivity index (χ3n) is 6.02. The standard InChI is InChI=1S/C22H35N3O3/c1-16(2)19-6-4-17(3)12-20(19)28-15-22(26)24-14-18-5-7-21(23-13-18)25-8-10-27-11-9-25/h5,7,13,16-17,19-20H,4,6,8-12,14-15H2,1-3H3,(H,24,26)/t17-,19+,20-/m1/s1. The van der Waals surface area contributed by atoms with Crippen LogP contribution in [0.25, 0.3) is 0 Å². The van der Waals surface area contributed by atoms with E-state index in [4.69, 9.17) is 9.47 Å². The monoisotopic (exact) mass is 389 g/mol. The van der Waals surface area contributed by atoms with E-state index < -0.39 is 0 Å². The molecule has 1 aromatic rings.